The molecule has 0 saturated carbocycles. The fourth-order valence-electron chi connectivity index (χ4n) is 2.74. The zero-order chi connectivity index (χ0) is 13.1. The summed E-state index contributed by atoms with van der Waals surface area (Å²) in [6, 6.07) is 8.20. The minimum absolute atomic E-state index is 0.219. The number of hydrogen-bond acceptors (Lipinski definition) is 3. The molecule has 1 fully saturated rings. The summed E-state index contributed by atoms with van der Waals surface area (Å²) in [7, 11) is 0. The normalized spacial score (nSPS) is 26.9. The fraction of sp³-hybridized carbons (Fsp3) is 0.533. The zero-order valence-electron chi connectivity index (χ0n) is 10.9. The van der Waals surface area contributed by atoms with Gasteiger partial charge in [0.25, 0.3) is 0 Å². The Morgan fingerprint density at radius 1 is 1.37 bits per heavy atom. The molecule has 1 aromatic carbocycles. The van der Waals surface area contributed by atoms with E-state index in [0.29, 0.717) is 12.5 Å². The molecule has 102 valence electrons. The molecule has 19 heavy (non-hydrogen) atoms. The van der Waals surface area contributed by atoms with E-state index in [0.717, 1.165) is 36.0 Å². The molecule has 1 N–H and O–H groups in total. The van der Waals surface area contributed by atoms with Gasteiger partial charge in [-0.25, -0.2) is 4.99 Å². The lowest BCUT2D eigenvalue weighted by atomic mass is 9.99. The van der Waals surface area contributed by atoms with Gasteiger partial charge in [-0.15, -0.1) is 0 Å². The van der Waals surface area contributed by atoms with Crippen molar-refractivity contribution in [1.82, 2.24) is 5.32 Å². The summed E-state index contributed by atoms with van der Waals surface area (Å²) >= 11 is 6.19. The van der Waals surface area contributed by atoms with Crippen molar-refractivity contribution in [1.29, 1.82) is 0 Å². The standard InChI is InChI=1S/C15H19ClN2O/c16-14-6-2-1-4-11(14)8-13-10-19-15(18-13)12-5-3-7-17-9-12/h1-2,4,6,12-13,17H,3,5,7-10H2. The average molecular weight is 279 g/mol. The Hall–Kier alpha value is -1.06. The maximum atomic E-state index is 6.19. The minimum atomic E-state index is 0.219. The fourth-order valence-corrected chi connectivity index (χ4v) is 2.96. The first-order valence-electron chi connectivity index (χ1n) is 6.97. The van der Waals surface area contributed by atoms with Crippen LogP contribution in [0.3, 0.4) is 0 Å². The van der Waals surface area contributed by atoms with Crippen molar-refractivity contribution in [3.63, 3.8) is 0 Å². The van der Waals surface area contributed by atoms with Gasteiger partial charge in [0.1, 0.15) is 6.61 Å². The Kier molecular flexibility index (Phi) is 4.04. The predicted molar refractivity (Wildman–Crippen MR) is 77.9 cm³/mol. The largest absolute Gasteiger partial charge is 0.478 e. The smallest absolute Gasteiger partial charge is 0.188 e. The average Bonchev–Trinajstić information content (AvgIpc) is 2.91. The van der Waals surface area contributed by atoms with E-state index in [-0.39, 0.29) is 6.04 Å². The Labute approximate surface area is 119 Å². The zero-order valence-corrected chi connectivity index (χ0v) is 11.7. The maximum absolute atomic E-state index is 6.19. The monoisotopic (exact) mass is 278 g/mol. The van der Waals surface area contributed by atoms with E-state index in [4.69, 9.17) is 21.3 Å². The van der Waals surface area contributed by atoms with Gasteiger partial charge in [0.2, 0.25) is 0 Å². The van der Waals surface area contributed by atoms with E-state index >= 15 is 0 Å². The van der Waals surface area contributed by atoms with Crippen molar-refractivity contribution >= 4 is 17.5 Å². The Bertz CT molecular complexity index is 469. The van der Waals surface area contributed by atoms with Gasteiger partial charge in [-0.2, -0.15) is 0 Å². The lowest BCUT2D eigenvalue weighted by molar-refractivity contribution is 0.285. The number of aliphatic imine (C=N–C) groups is 1. The molecule has 0 aliphatic carbocycles. The highest BCUT2D eigenvalue weighted by Gasteiger charge is 2.27. The van der Waals surface area contributed by atoms with Crippen molar-refractivity contribution in [3.05, 3.63) is 34.9 Å². The van der Waals surface area contributed by atoms with Crippen LogP contribution in [0.25, 0.3) is 0 Å². The molecule has 2 aliphatic heterocycles. The van der Waals surface area contributed by atoms with E-state index < -0.39 is 0 Å². The van der Waals surface area contributed by atoms with Crippen LogP contribution in [0.1, 0.15) is 18.4 Å². The number of nitrogens with zero attached hydrogens (tertiary/aromatic N) is 1. The third-order valence-corrected chi connectivity index (χ3v) is 4.16. The van der Waals surface area contributed by atoms with Crippen LogP contribution >= 0.6 is 11.6 Å². The number of nitrogens with one attached hydrogen (secondary N) is 1. The van der Waals surface area contributed by atoms with Gasteiger partial charge in [-0.3, -0.25) is 0 Å². The van der Waals surface area contributed by atoms with E-state index in [9.17, 15) is 0 Å². The molecule has 0 bridgehead atoms. The van der Waals surface area contributed by atoms with Crippen LogP contribution in [0.4, 0.5) is 0 Å². The molecule has 0 amide bonds. The summed E-state index contributed by atoms with van der Waals surface area (Å²) in [5.41, 5.74) is 1.16. The van der Waals surface area contributed by atoms with Crippen molar-refractivity contribution in [2.75, 3.05) is 19.7 Å². The van der Waals surface area contributed by atoms with Gasteiger partial charge in [0.15, 0.2) is 5.90 Å². The van der Waals surface area contributed by atoms with Crippen LogP contribution in [0.2, 0.25) is 5.02 Å². The second kappa shape index (κ2) is 5.93. The second-order valence-electron chi connectivity index (χ2n) is 5.27. The number of hydrogen-bond donors (Lipinski definition) is 1. The van der Waals surface area contributed by atoms with Crippen LogP contribution in [-0.4, -0.2) is 31.6 Å². The molecule has 2 unspecified atom stereocenters. The first-order valence-corrected chi connectivity index (χ1v) is 7.35. The SMILES string of the molecule is Clc1ccccc1CC1COC(C2CCCNC2)=N1. The van der Waals surface area contributed by atoms with Gasteiger partial charge >= 0.3 is 0 Å². The molecule has 4 heteroatoms. The number of ether oxygens (including phenoxy) is 1. The number of benzene rings is 1. The lowest BCUT2D eigenvalue weighted by Gasteiger charge is -2.21. The van der Waals surface area contributed by atoms with Crippen molar-refractivity contribution in [2.45, 2.75) is 25.3 Å². The second-order valence-corrected chi connectivity index (χ2v) is 5.68. The van der Waals surface area contributed by atoms with Gasteiger partial charge < -0.3 is 10.1 Å². The molecule has 1 saturated heterocycles. The molecule has 2 aliphatic rings. The Balaban J connectivity index is 1.64. The highest BCUT2D eigenvalue weighted by Crippen LogP contribution is 2.22. The molecule has 1 aromatic rings. The molecule has 0 aromatic heterocycles. The molecular weight excluding hydrogens is 260 g/mol. The van der Waals surface area contributed by atoms with Crippen LogP contribution in [0.15, 0.2) is 29.3 Å². The van der Waals surface area contributed by atoms with Gasteiger partial charge in [-0.1, -0.05) is 29.8 Å². The highest BCUT2D eigenvalue weighted by atomic mass is 35.5. The van der Waals surface area contributed by atoms with Crippen LogP contribution in [0, 0.1) is 5.92 Å². The summed E-state index contributed by atoms with van der Waals surface area (Å²) in [4.78, 5) is 4.74. The summed E-state index contributed by atoms with van der Waals surface area (Å²) in [5, 5.41) is 4.23. The summed E-state index contributed by atoms with van der Waals surface area (Å²) < 4.78 is 5.78. The van der Waals surface area contributed by atoms with Crippen molar-refractivity contribution in [2.24, 2.45) is 10.9 Å². The minimum Gasteiger partial charge on any atom is -0.478 e. The van der Waals surface area contributed by atoms with Crippen LogP contribution in [-0.2, 0) is 11.2 Å². The lowest BCUT2D eigenvalue weighted by Crippen LogP contribution is -2.34. The summed E-state index contributed by atoms with van der Waals surface area (Å²) in [5.74, 6) is 1.41. The molecule has 0 radical (unpaired) electrons. The third kappa shape index (κ3) is 3.10. The number of piperidine rings is 1. The topological polar surface area (TPSA) is 33.6 Å². The highest BCUT2D eigenvalue weighted by molar-refractivity contribution is 6.31. The molecular formula is C15H19ClN2O. The number of halogens is 1. The first kappa shape index (κ1) is 12.9. The molecule has 3 rings (SSSR count). The van der Waals surface area contributed by atoms with Gasteiger partial charge in [-0.05, 0) is 37.4 Å². The van der Waals surface area contributed by atoms with E-state index in [1.165, 1.54) is 12.8 Å². The summed E-state index contributed by atoms with van der Waals surface area (Å²) in [6.45, 7) is 2.81. The molecule has 3 nitrogen and oxygen atoms in total. The predicted octanol–water partition coefficient (Wildman–Crippen LogP) is 2.68. The van der Waals surface area contributed by atoms with Crippen LogP contribution in [0.5, 0.6) is 0 Å². The van der Waals surface area contributed by atoms with E-state index in [1.807, 2.05) is 18.2 Å². The molecule has 2 atom stereocenters. The Morgan fingerprint density at radius 3 is 3.05 bits per heavy atom. The van der Waals surface area contributed by atoms with Crippen molar-refractivity contribution in [3.8, 4) is 0 Å². The Morgan fingerprint density at radius 2 is 2.26 bits per heavy atom. The quantitative estimate of drug-likeness (QED) is 0.922. The maximum Gasteiger partial charge on any atom is 0.188 e. The summed E-state index contributed by atoms with van der Waals surface area (Å²) in [6.07, 6.45) is 3.26. The van der Waals surface area contributed by atoms with Crippen molar-refractivity contribution < 1.29 is 4.74 Å². The van der Waals surface area contributed by atoms with E-state index in [2.05, 4.69) is 11.4 Å². The van der Waals surface area contributed by atoms with Gasteiger partial charge in [0.05, 0.1) is 6.04 Å². The third-order valence-electron chi connectivity index (χ3n) is 3.79. The van der Waals surface area contributed by atoms with Crippen LogP contribution < -0.4 is 5.32 Å². The molecule has 0 spiro atoms. The van der Waals surface area contributed by atoms with Gasteiger partial charge in [0, 0.05) is 17.5 Å². The first-order chi connectivity index (χ1) is 9.33. The molecule has 2 heterocycles. The van der Waals surface area contributed by atoms with E-state index in [1.54, 1.807) is 0 Å². The number of rotatable bonds is 3.